The van der Waals surface area contributed by atoms with E-state index in [1.807, 2.05) is 25.2 Å². The Morgan fingerprint density at radius 1 is 1.36 bits per heavy atom. The number of carbonyl (C=O) groups is 1. The summed E-state index contributed by atoms with van der Waals surface area (Å²) in [6, 6.07) is 11.7. The first kappa shape index (κ1) is 14.6. The largest absolute Gasteiger partial charge is 0.373 e. The smallest absolute Gasteiger partial charge is 0.320 e. The predicted octanol–water partition coefficient (Wildman–Crippen LogP) is 2.32. The molecule has 2 aromatic rings. The van der Waals surface area contributed by atoms with E-state index >= 15 is 0 Å². The van der Waals surface area contributed by atoms with Gasteiger partial charge in [-0.1, -0.05) is 30.3 Å². The molecule has 3 rings (SSSR count). The number of amides is 2. The van der Waals surface area contributed by atoms with Crippen LogP contribution < -0.4 is 10.6 Å². The molecule has 1 aliphatic rings. The van der Waals surface area contributed by atoms with Gasteiger partial charge in [-0.05, 0) is 12.0 Å². The molecule has 116 valence electrons. The van der Waals surface area contributed by atoms with Gasteiger partial charge in [-0.25, -0.2) is 4.79 Å². The highest BCUT2D eigenvalue weighted by atomic mass is 16.5. The topological polar surface area (TPSA) is 68.2 Å². The summed E-state index contributed by atoms with van der Waals surface area (Å²) in [6.07, 6.45) is 2.78. The molecule has 6 heteroatoms. The van der Waals surface area contributed by atoms with Crippen molar-refractivity contribution in [1.82, 2.24) is 15.1 Å². The Morgan fingerprint density at radius 3 is 2.91 bits per heavy atom. The molecule has 1 fully saturated rings. The maximum absolute atomic E-state index is 11.9. The minimum Gasteiger partial charge on any atom is -0.373 e. The number of nitrogens with one attached hydrogen (secondary N) is 2. The van der Waals surface area contributed by atoms with Gasteiger partial charge in [0.15, 0.2) is 5.82 Å². The highest BCUT2D eigenvalue weighted by Crippen LogP contribution is 2.33. The summed E-state index contributed by atoms with van der Waals surface area (Å²) in [6.45, 7) is 1.31. The highest BCUT2D eigenvalue weighted by molar-refractivity contribution is 5.88. The lowest BCUT2D eigenvalue weighted by molar-refractivity contribution is 0.0911. The Morgan fingerprint density at radius 2 is 2.18 bits per heavy atom. The SMILES string of the molecule is Cn1ccc(NC(=O)NC[C@H]2CCO[C@@H]2c2ccccc2)n1. The Labute approximate surface area is 129 Å². The third-order valence-electron chi connectivity index (χ3n) is 3.82. The minimum absolute atomic E-state index is 0.0522. The fraction of sp³-hybridized carbons (Fsp3) is 0.375. The van der Waals surface area contributed by atoms with Gasteiger partial charge in [0.05, 0.1) is 6.10 Å². The third kappa shape index (κ3) is 3.46. The number of urea groups is 1. The van der Waals surface area contributed by atoms with Crippen molar-refractivity contribution in [1.29, 1.82) is 0 Å². The first-order chi connectivity index (χ1) is 10.7. The molecule has 6 nitrogen and oxygen atoms in total. The number of rotatable bonds is 4. The first-order valence-electron chi connectivity index (χ1n) is 7.43. The normalized spacial score (nSPS) is 20.8. The maximum Gasteiger partial charge on any atom is 0.320 e. The van der Waals surface area contributed by atoms with Gasteiger partial charge in [0.1, 0.15) is 0 Å². The van der Waals surface area contributed by atoms with Gasteiger partial charge in [0.2, 0.25) is 0 Å². The van der Waals surface area contributed by atoms with Crippen molar-refractivity contribution in [3.8, 4) is 0 Å². The van der Waals surface area contributed by atoms with Crippen molar-refractivity contribution in [2.24, 2.45) is 13.0 Å². The monoisotopic (exact) mass is 300 g/mol. The van der Waals surface area contributed by atoms with Gasteiger partial charge in [-0.3, -0.25) is 10.00 Å². The van der Waals surface area contributed by atoms with E-state index in [1.165, 1.54) is 0 Å². The fourth-order valence-electron chi connectivity index (χ4n) is 2.72. The Kier molecular flexibility index (Phi) is 4.39. The fourth-order valence-corrected chi connectivity index (χ4v) is 2.72. The lowest BCUT2D eigenvalue weighted by atomic mass is 9.95. The van der Waals surface area contributed by atoms with E-state index in [0.29, 0.717) is 12.4 Å². The highest BCUT2D eigenvalue weighted by Gasteiger charge is 2.29. The van der Waals surface area contributed by atoms with Gasteiger partial charge < -0.3 is 10.1 Å². The van der Waals surface area contributed by atoms with Crippen molar-refractivity contribution in [2.75, 3.05) is 18.5 Å². The number of aryl methyl sites for hydroxylation is 1. The average Bonchev–Trinajstić information content (AvgIpc) is 3.15. The van der Waals surface area contributed by atoms with Crippen LogP contribution in [0.5, 0.6) is 0 Å². The number of hydrogen-bond donors (Lipinski definition) is 2. The molecule has 2 N–H and O–H groups in total. The van der Waals surface area contributed by atoms with Crippen molar-refractivity contribution in [3.63, 3.8) is 0 Å². The number of carbonyl (C=O) groups excluding carboxylic acids is 1. The number of nitrogens with zero attached hydrogens (tertiary/aromatic N) is 2. The molecule has 0 bridgehead atoms. The second kappa shape index (κ2) is 6.62. The standard InChI is InChI=1S/C16H20N4O2/c1-20-9-7-14(19-20)18-16(21)17-11-13-8-10-22-15(13)12-5-3-2-4-6-12/h2-7,9,13,15H,8,10-11H2,1H3,(H2,17,18,19,21)/t13-,15-/m1/s1. The molecule has 0 spiro atoms. The predicted molar refractivity (Wildman–Crippen MR) is 83.5 cm³/mol. The van der Waals surface area contributed by atoms with E-state index in [-0.39, 0.29) is 18.1 Å². The maximum atomic E-state index is 11.9. The molecule has 1 aliphatic heterocycles. The number of anilines is 1. The molecule has 0 saturated carbocycles. The van der Waals surface area contributed by atoms with Crippen LogP contribution in [0.2, 0.25) is 0 Å². The van der Waals surface area contributed by atoms with Crippen molar-refractivity contribution in [3.05, 3.63) is 48.2 Å². The molecule has 1 aromatic carbocycles. The van der Waals surface area contributed by atoms with Crippen molar-refractivity contribution < 1.29 is 9.53 Å². The molecule has 2 amide bonds. The summed E-state index contributed by atoms with van der Waals surface area (Å²) in [4.78, 5) is 11.9. The Hall–Kier alpha value is -2.34. The van der Waals surface area contributed by atoms with Gasteiger partial charge >= 0.3 is 6.03 Å². The molecular formula is C16H20N4O2. The molecular weight excluding hydrogens is 280 g/mol. The van der Waals surface area contributed by atoms with Crippen molar-refractivity contribution >= 4 is 11.8 Å². The van der Waals surface area contributed by atoms with E-state index in [4.69, 9.17) is 4.74 Å². The number of hydrogen-bond acceptors (Lipinski definition) is 3. The van der Waals surface area contributed by atoms with Crippen LogP contribution in [0.15, 0.2) is 42.6 Å². The van der Waals surface area contributed by atoms with Crippen LogP contribution >= 0.6 is 0 Å². The summed E-state index contributed by atoms with van der Waals surface area (Å²) in [5, 5.41) is 9.73. The van der Waals surface area contributed by atoms with E-state index in [2.05, 4.69) is 27.9 Å². The zero-order chi connectivity index (χ0) is 15.4. The van der Waals surface area contributed by atoms with Gasteiger partial charge in [-0.15, -0.1) is 0 Å². The van der Waals surface area contributed by atoms with E-state index < -0.39 is 0 Å². The minimum atomic E-state index is -0.239. The molecule has 0 radical (unpaired) electrons. The molecule has 1 aromatic heterocycles. The summed E-state index contributed by atoms with van der Waals surface area (Å²) in [5.41, 5.74) is 1.16. The molecule has 1 saturated heterocycles. The van der Waals surface area contributed by atoms with E-state index in [9.17, 15) is 4.79 Å². The van der Waals surface area contributed by atoms with Gasteiger partial charge in [-0.2, -0.15) is 5.10 Å². The Balaban J connectivity index is 1.53. The van der Waals surface area contributed by atoms with Crippen LogP contribution in [-0.2, 0) is 11.8 Å². The van der Waals surface area contributed by atoms with Crippen LogP contribution in [0.25, 0.3) is 0 Å². The number of ether oxygens (including phenoxy) is 1. The molecule has 0 unspecified atom stereocenters. The molecule has 2 heterocycles. The summed E-state index contributed by atoms with van der Waals surface area (Å²) in [5.74, 6) is 0.833. The second-order valence-corrected chi connectivity index (χ2v) is 5.46. The van der Waals surface area contributed by atoms with Crippen LogP contribution in [0.3, 0.4) is 0 Å². The summed E-state index contributed by atoms with van der Waals surface area (Å²) < 4.78 is 7.46. The van der Waals surface area contributed by atoms with E-state index in [0.717, 1.165) is 18.6 Å². The lowest BCUT2D eigenvalue weighted by Crippen LogP contribution is -2.34. The summed E-state index contributed by atoms with van der Waals surface area (Å²) in [7, 11) is 1.81. The lowest BCUT2D eigenvalue weighted by Gasteiger charge is -2.19. The molecule has 22 heavy (non-hydrogen) atoms. The molecule has 0 aliphatic carbocycles. The zero-order valence-electron chi connectivity index (χ0n) is 12.5. The van der Waals surface area contributed by atoms with E-state index in [1.54, 1.807) is 16.9 Å². The number of benzene rings is 1. The Bertz CT molecular complexity index is 626. The number of aromatic nitrogens is 2. The van der Waals surface area contributed by atoms with Gasteiger partial charge in [0, 0.05) is 38.4 Å². The van der Waals surface area contributed by atoms with Crippen LogP contribution in [-0.4, -0.2) is 29.0 Å². The summed E-state index contributed by atoms with van der Waals surface area (Å²) >= 11 is 0. The zero-order valence-corrected chi connectivity index (χ0v) is 12.5. The quantitative estimate of drug-likeness (QED) is 0.910. The van der Waals surface area contributed by atoms with Crippen LogP contribution in [0.4, 0.5) is 10.6 Å². The van der Waals surface area contributed by atoms with Crippen molar-refractivity contribution in [2.45, 2.75) is 12.5 Å². The van der Waals surface area contributed by atoms with Crippen LogP contribution in [0, 0.1) is 5.92 Å². The third-order valence-corrected chi connectivity index (χ3v) is 3.82. The first-order valence-corrected chi connectivity index (χ1v) is 7.43. The molecule has 2 atom stereocenters. The second-order valence-electron chi connectivity index (χ2n) is 5.46. The van der Waals surface area contributed by atoms with Crippen LogP contribution in [0.1, 0.15) is 18.1 Å². The van der Waals surface area contributed by atoms with Gasteiger partial charge in [0.25, 0.3) is 0 Å². The average molecular weight is 300 g/mol.